The van der Waals surface area contributed by atoms with Gasteiger partial charge in [0.05, 0.1) is 21.9 Å². The van der Waals surface area contributed by atoms with Crippen molar-refractivity contribution >= 4 is 21.6 Å². The standard InChI is InChI=1S/C15H17BrN4O/c1-9-12-10(19-21)8-15(2,3)14(16)13(12)20(18-9)11-6-4-5-7-17-11/h4-7,14,21H,8H2,1-3H3. The first-order valence-corrected chi connectivity index (χ1v) is 7.73. The molecule has 6 heteroatoms. The number of aromatic nitrogens is 3. The van der Waals surface area contributed by atoms with E-state index in [9.17, 15) is 5.21 Å². The molecule has 1 aliphatic rings. The molecular weight excluding hydrogens is 332 g/mol. The van der Waals surface area contributed by atoms with Crippen molar-refractivity contribution in [2.24, 2.45) is 10.6 Å². The van der Waals surface area contributed by atoms with E-state index in [1.807, 2.05) is 29.8 Å². The highest BCUT2D eigenvalue weighted by molar-refractivity contribution is 9.09. The molecule has 0 aliphatic heterocycles. The van der Waals surface area contributed by atoms with Gasteiger partial charge >= 0.3 is 0 Å². The molecule has 0 saturated heterocycles. The molecule has 1 N–H and O–H groups in total. The van der Waals surface area contributed by atoms with E-state index < -0.39 is 0 Å². The highest BCUT2D eigenvalue weighted by Crippen LogP contribution is 2.49. The molecule has 1 aliphatic carbocycles. The van der Waals surface area contributed by atoms with Crippen LogP contribution in [0.15, 0.2) is 29.6 Å². The molecule has 2 heterocycles. The molecule has 5 nitrogen and oxygen atoms in total. The molecule has 0 amide bonds. The average Bonchev–Trinajstić information content (AvgIpc) is 2.82. The highest BCUT2D eigenvalue weighted by Gasteiger charge is 2.42. The van der Waals surface area contributed by atoms with E-state index in [0.717, 1.165) is 22.8 Å². The van der Waals surface area contributed by atoms with Gasteiger partial charge in [0.25, 0.3) is 0 Å². The van der Waals surface area contributed by atoms with Crippen LogP contribution < -0.4 is 0 Å². The van der Waals surface area contributed by atoms with Crippen LogP contribution in [0.3, 0.4) is 0 Å². The minimum absolute atomic E-state index is 0.0758. The second-order valence-electron chi connectivity index (χ2n) is 6.02. The Hall–Kier alpha value is -1.69. The predicted molar refractivity (Wildman–Crippen MR) is 84.5 cm³/mol. The summed E-state index contributed by atoms with van der Waals surface area (Å²) in [7, 11) is 0. The first kappa shape index (κ1) is 14.3. The van der Waals surface area contributed by atoms with E-state index in [-0.39, 0.29) is 10.2 Å². The molecule has 0 aromatic carbocycles. The first-order valence-electron chi connectivity index (χ1n) is 6.82. The Kier molecular flexibility index (Phi) is 3.36. The maximum Gasteiger partial charge on any atom is 0.153 e. The second kappa shape index (κ2) is 4.94. The smallest absolute Gasteiger partial charge is 0.153 e. The number of oxime groups is 1. The number of hydrogen-bond acceptors (Lipinski definition) is 4. The zero-order valence-corrected chi connectivity index (χ0v) is 13.8. The Labute approximate surface area is 131 Å². The van der Waals surface area contributed by atoms with Gasteiger partial charge in [0, 0.05) is 18.2 Å². The number of hydrogen-bond donors (Lipinski definition) is 1. The molecular formula is C15H17BrN4O. The second-order valence-corrected chi connectivity index (χ2v) is 6.94. The maximum absolute atomic E-state index is 9.38. The van der Waals surface area contributed by atoms with Crippen LogP contribution in [0.1, 0.15) is 42.0 Å². The third-order valence-electron chi connectivity index (χ3n) is 3.92. The number of nitrogens with zero attached hydrogens (tertiary/aromatic N) is 4. The number of rotatable bonds is 1. The van der Waals surface area contributed by atoms with E-state index in [2.05, 4.69) is 45.0 Å². The summed E-state index contributed by atoms with van der Waals surface area (Å²) in [6, 6.07) is 5.73. The summed E-state index contributed by atoms with van der Waals surface area (Å²) >= 11 is 3.80. The summed E-state index contributed by atoms with van der Waals surface area (Å²) in [5.74, 6) is 0.765. The molecule has 2 aromatic heterocycles. The number of alkyl halides is 1. The van der Waals surface area contributed by atoms with Crippen LogP contribution in [-0.2, 0) is 0 Å². The van der Waals surface area contributed by atoms with Crippen LogP contribution in [-0.4, -0.2) is 25.7 Å². The van der Waals surface area contributed by atoms with Crippen molar-refractivity contribution in [2.45, 2.75) is 32.0 Å². The summed E-state index contributed by atoms with van der Waals surface area (Å²) in [4.78, 5) is 4.49. The minimum Gasteiger partial charge on any atom is -0.411 e. The van der Waals surface area contributed by atoms with E-state index in [1.54, 1.807) is 6.20 Å². The van der Waals surface area contributed by atoms with E-state index in [1.165, 1.54) is 0 Å². The Morgan fingerprint density at radius 1 is 1.43 bits per heavy atom. The van der Waals surface area contributed by atoms with Crippen LogP contribution in [0.25, 0.3) is 5.82 Å². The van der Waals surface area contributed by atoms with Gasteiger partial charge in [0.2, 0.25) is 0 Å². The predicted octanol–water partition coefficient (Wildman–Crippen LogP) is 3.62. The molecule has 0 saturated carbocycles. The third-order valence-corrected chi connectivity index (χ3v) is 5.59. The number of aryl methyl sites for hydroxylation is 1. The van der Waals surface area contributed by atoms with Gasteiger partial charge < -0.3 is 5.21 Å². The van der Waals surface area contributed by atoms with Gasteiger partial charge in [0.15, 0.2) is 5.82 Å². The molecule has 0 bridgehead atoms. The van der Waals surface area contributed by atoms with Gasteiger partial charge in [-0.2, -0.15) is 5.10 Å². The molecule has 1 unspecified atom stereocenters. The van der Waals surface area contributed by atoms with Crippen molar-refractivity contribution in [3.8, 4) is 5.82 Å². The van der Waals surface area contributed by atoms with Crippen LogP contribution in [0.5, 0.6) is 0 Å². The monoisotopic (exact) mass is 348 g/mol. The lowest BCUT2D eigenvalue weighted by Crippen LogP contribution is -2.30. The third kappa shape index (κ3) is 2.18. The van der Waals surface area contributed by atoms with Crippen molar-refractivity contribution in [2.75, 3.05) is 0 Å². The zero-order valence-electron chi connectivity index (χ0n) is 12.2. The Balaban J connectivity index is 2.29. The normalized spacial score (nSPS) is 22.3. The van der Waals surface area contributed by atoms with E-state index in [0.29, 0.717) is 12.1 Å². The van der Waals surface area contributed by atoms with Crippen molar-refractivity contribution in [3.05, 3.63) is 41.3 Å². The number of fused-ring (bicyclic) bond motifs is 1. The highest BCUT2D eigenvalue weighted by atomic mass is 79.9. The molecule has 0 fully saturated rings. The zero-order chi connectivity index (χ0) is 15.2. The molecule has 0 spiro atoms. The quantitative estimate of drug-likeness (QED) is 0.486. The molecule has 21 heavy (non-hydrogen) atoms. The molecule has 3 rings (SSSR count). The van der Waals surface area contributed by atoms with Crippen molar-refractivity contribution < 1.29 is 5.21 Å². The van der Waals surface area contributed by atoms with Crippen LogP contribution in [0.4, 0.5) is 0 Å². The van der Waals surface area contributed by atoms with Crippen molar-refractivity contribution in [1.29, 1.82) is 0 Å². The molecule has 1 atom stereocenters. The Morgan fingerprint density at radius 3 is 2.81 bits per heavy atom. The largest absolute Gasteiger partial charge is 0.411 e. The molecule has 110 valence electrons. The summed E-state index contributed by atoms with van der Waals surface area (Å²) in [5, 5.41) is 17.5. The fourth-order valence-electron chi connectivity index (χ4n) is 2.85. The molecule has 0 radical (unpaired) electrons. The van der Waals surface area contributed by atoms with Gasteiger partial charge in [-0.25, -0.2) is 9.67 Å². The topological polar surface area (TPSA) is 63.3 Å². The Morgan fingerprint density at radius 2 is 2.19 bits per heavy atom. The van der Waals surface area contributed by atoms with Crippen molar-refractivity contribution in [3.63, 3.8) is 0 Å². The average molecular weight is 349 g/mol. The van der Waals surface area contributed by atoms with Gasteiger partial charge in [-0.1, -0.05) is 41.0 Å². The molecule has 2 aromatic rings. The van der Waals surface area contributed by atoms with Gasteiger partial charge in [-0.3, -0.25) is 0 Å². The lowest BCUT2D eigenvalue weighted by Gasteiger charge is -2.35. The lowest BCUT2D eigenvalue weighted by molar-refractivity contribution is 0.305. The van der Waals surface area contributed by atoms with Crippen LogP contribution >= 0.6 is 15.9 Å². The summed E-state index contributed by atoms with van der Waals surface area (Å²) in [5.41, 5.74) is 3.38. The fourth-order valence-corrected chi connectivity index (χ4v) is 3.44. The first-order chi connectivity index (χ1) is 9.95. The summed E-state index contributed by atoms with van der Waals surface area (Å²) in [6.07, 6.45) is 2.44. The van der Waals surface area contributed by atoms with Crippen LogP contribution in [0.2, 0.25) is 0 Å². The summed E-state index contributed by atoms with van der Waals surface area (Å²) in [6.45, 7) is 6.22. The lowest BCUT2D eigenvalue weighted by atomic mass is 9.75. The minimum atomic E-state index is -0.0758. The maximum atomic E-state index is 9.38. The fraction of sp³-hybridized carbons (Fsp3) is 0.400. The van der Waals surface area contributed by atoms with Crippen LogP contribution in [0, 0.1) is 12.3 Å². The van der Waals surface area contributed by atoms with Gasteiger partial charge in [-0.05, 0) is 24.5 Å². The SMILES string of the molecule is Cc1nn(-c2ccccn2)c2c1C(=NO)CC(C)(C)C2Br. The van der Waals surface area contributed by atoms with Gasteiger partial charge in [-0.15, -0.1) is 0 Å². The van der Waals surface area contributed by atoms with E-state index in [4.69, 9.17) is 0 Å². The number of pyridine rings is 1. The van der Waals surface area contributed by atoms with Gasteiger partial charge in [0.1, 0.15) is 0 Å². The van der Waals surface area contributed by atoms with E-state index >= 15 is 0 Å². The van der Waals surface area contributed by atoms with Crippen molar-refractivity contribution in [1.82, 2.24) is 14.8 Å². The number of halogens is 1. The summed E-state index contributed by atoms with van der Waals surface area (Å²) < 4.78 is 1.84. The Bertz CT molecular complexity index is 706.